The van der Waals surface area contributed by atoms with Gasteiger partial charge in [-0.2, -0.15) is 13.2 Å². The summed E-state index contributed by atoms with van der Waals surface area (Å²) in [5.41, 5.74) is -0.595. The van der Waals surface area contributed by atoms with E-state index in [0.29, 0.717) is 0 Å². The zero-order valence-electron chi connectivity index (χ0n) is 9.13. The maximum absolute atomic E-state index is 12.4. The standard InChI is InChI=1S/C11H13F3N2S/c12-11(13,14)9-1-3-10(4-2-9)17-16-7-5-15-6-8-16/h1-4,15H,5-8H2. The molecule has 1 aromatic rings. The minimum atomic E-state index is -4.25. The molecular formula is C11H13F3N2S. The molecule has 0 spiro atoms. The fraction of sp³-hybridized carbons (Fsp3) is 0.455. The van der Waals surface area contributed by atoms with Gasteiger partial charge in [0.15, 0.2) is 0 Å². The Balaban J connectivity index is 1.98. The third kappa shape index (κ3) is 3.62. The summed E-state index contributed by atoms with van der Waals surface area (Å²) >= 11 is 1.51. The first kappa shape index (κ1) is 12.7. The van der Waals surface area contributed by atoms with Gasteiger partial charge in [0.2, 0.25) is 0 Å². The van der Waals surface area contributed by atoms with E-state index >= 15 is 0 Å². The van der Waals surface area contributed by atoms with E-state index in [-0.39, 0.29) is 0 Å². The van der Waals surface area contributed by atoms with E-state index in [9.17, 15) is 13.2 Å². The van der Waals surface area contributed by atoms with Gasteiger partial charge in [-0.25, -0.2) is 4.31 Å². The molecule has 0 saturated carbocycles. The maximum atomic E-state index is 12.4. The van der Waals surface area contributed by atoms with Gasteiger partial charge in [-0.15, -0.1) is 0 Å². The summed E-state index contributed by atoms with van der Waals surface area (Å²) in [5, 5.41) is 3.23. The predicted octanol–water partition coefficient (Wildman–Crippen LogP) is 2.62. The van der Waals surface area contributed by atoms with Crippen molar-refractivity contribution < 1.29 is 13.2 Å². The van der Waals surface area contributed by atoms with Gasteiger partial charge in [0.25, 0.3) is 0 Å². The minimum Gasteiger partial charge on any atom is -0.314 e. The third-order valence-electron chi connectivity index (χ3n) is 2.49. The van der Waals surface area contributed by atoms with Gasteiger partial charge in [-0.1, -0.05) is 0 Å². The first-order chi connectivity index (χ1) is 8.05. The van der Waals surface area contributed by atoms with Crippen LogP contribution in [0.2, 0.25) is 0 Å². The van der Waals surface area contributed by atoms with Gasteiger partial charge in [-0.3, -0.25) is 0 Å². The average Bonchev–Trinajstić information content (AvgIpc) is 2.30. The molecule has 0 unspecified atom stereocenters. The number of benzene rings is 1. The Bertz CT molecular complexity index is 358. The fourth-order valence-corrected chi connectivity index (χ4v) is 2.51. The first-order valence-corrected chi connectivity index (χ1v) is 6.14. The van der Waals surface area contributed by atoms with E-state index in [2.05, 4.69) is 9.62 Å². The lowest BCUT2D eigenvalue weighted by atomic mass is 10.2. The molecule has 17 heavy (non-hydrogen) atoms. The Hall–Kier alpha value is -0.720. The average molecular weight is 262 g/mol. The second-order valence-electron chi connectivity index (χ2n) is 3.79. The monoisotopic (exact) mass is 262 g/mol. The Kier molecular flexibility index (Phi) is 3.96. The van der Waals surface area contributed by atoms with Crippen LogP contribution in [0.1, 0.15) is 5.56 Å². The van der Waals surface area contributed by atoms with Gasteiger partial charge >= 0.3 is 6.18 Å². The number of hydrogen-bond donors (Lipinski definition) is 1. The highest BCUT2D eigenvalue weighted by atomic mass is 32.2. The van der Waals surface area contributed by atoms with Gasteiger partial charge < -0.3 is 5.32 Å². The molecule has 94 valence electrons. The van der Waals surface area contributed by atoms with Crippen molar-refractivity contribution in [3.05, 3.63) is 29.8 Å². The largest absolute Gasteiger partial charge is 0.416 e. The quantitative estimate of drug-likeness (QED) is 0.825. The lowest BCUT2D eigenvalue weighted by Crippen LogP contribution is -2.39. The van der Waals surface area contributed by atoms with Crippen LogP contribution in [-0.2, 0) is 6.18 Å². The molecule has 1 N–H and O–H groups in total. The molecule has 2 nitrogen and oxygen atoms in total. The van der Waals surface area contributed by atoms with Crippen LogP contribution < -0.4 is 5.32 Å². The SMILES string of the molecule is FC(F)(F)c1ccc(SN2CCNCC2)cc1. The summed E-state index contributed by atoms with van der Waals surface area (Å²) in [7, 11) is 0. The molecule has 0 aliphatic carbocycles. The van der Waals surface area contributed by atoms with Crippen molar-refractivity contribution in [1.82, 2.24) is 9.62 Å². The van der Waals surface area contributed by atoms with Crippen LogP contribution in [0.4, 0.5) is 13.2 Å². The summed E-state index contributed by atoms with van der Waals surface area (Å²) in [5.74, 6) is 0. The van der Waals surface area contributed by atoms with Crippen molar-refractivity contribution >= 4 is 11.9 Å². The Labute approximate surface area is 102 Å². The molecule has 0 radical (unpaired) electrons. The Morgan fingerprint density at radius 3 is 2.18 bits per heavy atom. The molecule has 0 atom stereocenters. The molecule has 1 aliphatic heterocycles. The lowest BCUT2D eigenvalue weighted by molar-refractivity contribution is -0.137. The molecule has 0 amide bonds. The highest BCUT2D eigenvalue weighted by molar-refractivity contribution is 7.97. The van der Waals surface area contributed by atoms with E-state index in [1.54, 1.807) is 0 Å². The van der Waals surface area contributed by atoms with Crippen molar-refractivity contribution in [3.63, 3.8) is 0 Å². The van der Waals surface area contributed by atoms with Crippen LogP contribution in [0.15, 0.2) is 29.2 Å². The van der Waals surface area contributed by atoms with Crippen LogP contribution in [-0.4, -0.2) is 30.5 Å². The van der Waals surface area contributed by atoms with Crippen molar-refractivity contribution in [1.29, 1.82) is 0 Å². The second-order valence-corrected chi connectivity index (χ2v) is 4.96. The van der Waals surface area contributed by atoms with Crippen molar-refractivity contribution in [2.75, 3.05) is 26.2 Å². The summed E-state index contributed by atoms with van der Waals surface area (Å²) in [6, 6.07) is 5.31. The predicted molar refractivity (Wildman–Crippen MR) is 61.7 cm³/mol. The number of hydrogen-bond acceptors (Lipinski definition) is 3. The van der Waals surface area contributed by atoms with Crippen LogP contribution in [0.25, 0.3) is 0 Å². The zero-order chi connectivity index (χ0) is 12.3. The van der Waals surface area contributed by atoms with Crippen LogP contribution >= 0.6 is 11.9 Å². The second kappa shape index (κ2) is 5.29. The first-order valence-electron chi connectivity index (χ1n) is 5.36. The van der Waals surface area contributed by atoms with E-state index in [4.69, 9.17) is 0 Å². The summed E-state index contributed by atoms with van der Waals surface area (Å²) in [6.07, 6.45) is -4.25. The summed E-state index contributed by atoms with van der Waals surface area (Å²) < 4.78 is 39.2. The normalized spacial score (nSPS) is 18.3. The fourth-order valence-electron chi connectivity index (χ4n) is 1.59. The maximum Gasteiger partial charge on any atom is 0.416 e. The molecule has 1 saturated heterocycles. The van der Waals surface area contributed by atoms with E-state index in [0.717, 1.165) is 43.2 Å². The number of halogens is 3. The van der Waals surface area contributed by atoms with E-state index < -0.39 is 11.7 Å². The molecule has 2 rings (SSSR count). The Morgan fingerprint density at radius 2 is 1.65 bits per heavy atom. The van der Waals surface area contributed by atoms with Gasteiger partial charge in [-0.05, 0) is 36.2 Å². The summed E-state index contributed by atoms with van der Waals surface area (Å²) in [6.45, 7) is 3.67. The lowest BCUT2D eigenvalue weighted by Gasteiger charge is -2.25. The highest BCUT2D eigenvalue weighted by Gasteiger charge is 2.30. The van der Waals surface area contributed by atoms with Crippen LogP contribution in [0.3, 0.4) is 0 Å². The number of nitrogens with zero attached hydrogens (tertiary/aromatic N) is 1. The van der Waals surface area contributed by atoms with Crippen molar-refractivity contribution in [2.45, 2.75) is 11.1 Å². The molecule has 1 aliphatic rings. The minimum absolute atomic E-state index is 0.595. The van der Waals surface area contributed by atoms with Gasteiger partial charge in [0.1, 0.15) is 0 Å². The number of rotatable bonds is 2. The van der Waals surface area contributed by atoms with Crippen molar-refractivity contribution in [2.24, 2.45) is 0 Å². The molecule has 0 aromatic heterocycles. The van der Waals surface area contributed by atoms with Gasteiger partial charge in [0.05, 0.1) is 5.56 Å². The van der Waals surface area contributed by atoms with Crippen LogP contribution in [0, 0.1) is 0 Å². The topological polar surface area (TPSA) is 15.3 Å². The molecule has 1 aromatic carbocycles. The smallest absolute Gasteiger partial charge is 0.314 e. The molecular weight excluding hydrogens is 249 g/mol. The highest BCUT2D eigenvalue weighted by Crippen LogP contribution is 2.31. The van der Waals surface area contributed by atoms with E-state index in [1.807, 2.05) is 0 Å². The number of alkyl halides is 3. The molecule has 0 bridgehead atoms. The van der Waals surface area contributed by atoms with Crippen LogP contribution in [0.5, 0.6) is 0 Å². The number of piperazine rings is 1. The molecule has 1 fully saturated rings. The van der Waals surface area contributed by atoms with Crippen molar-refractivity contribution in [3.8, 4) is 0 Å². The third-order valence-corrected chi connectivity index (χ3v) is 3.60. The summed E-state index contributed by atoms with van der Waals surface area (Å²) in [4.78, 5) is 0.847. The Morgan fingerprint density at radius 1 is 1.06 bits per heavy atom. The van der Waals surface area contributed by atoms with E-state index in [1.165, 1.54) is 24.1 Å². The van der Waals surface area contributed by atoms with Gasteiger partial charge in [0, 0.05) is 31.1 Å². The number of nitrogens with one attached hydrogen (secondary N) is 1. The molecule has 1 heterocycles. The molecule has 6 heteroatoms. The zero-order valence-corrected chi connectivity index (χ0v) is 9.94.